The molecule has 29 heavy (non-hydrogen) atoms. The van der Waals surface area contributed by atoms with Crippen molar-refractivity contribution in [2.24, 2.45) is 23.7 Å². The maximum Gasteiger partial charge on any atom is 0.233 e. The molecule has 2 aliphatic heterocycles. The van der Waals surface area contributed by atoms with Crippen LogP contribution >= 0.6 is 0 Å². The first kappa shape index (κ1) is 18.8. The zero-order valence-corrected chi connectivity index (χ0v) is 16.7. The van der Waals surface area contributed by atoms with Crippen LogP contribution in [0.5, 0.6) is 0 Å². The van der Waals surface area contributed by atoms with Crippen molar-refractivity contribution in [3.05, 3.63) is 42.5 Å². The predicted octanol–water partition coefficient (Wildman–Crippen LogP) is 1.37. The van der Waals surface area contributed by atoms with E-state index >= 15 is 0 Å². The number of carbonyl (C=O) groups is 2. The van der Waals surface area contributed by atoms with Crippen LogP contribution in [0.3, 0.4) is 0 Å². The first-order valence-electron chi connectivity index (χ1n) is 10.9. The number of anilines is 1. The zero-order valence-electron chi connectivity index (χ0n) is 16.7. The van der Waals surface area contributed by atoms with Gasteiger partial charge in [-0.1, -0.05) is 30.4 Å². The topological polar surface area (TPSA) is 64.1 Å². The Kier molecular flexibility index (Phi) is 4.92. The van der Waals surface area contributed by atoms with Gasteiger partial charge < -0.3 is 10.0 Å². The van der Waals surface area contributed by atoms with Gasteiger partial charge in [-0.3, -0.25) is 19.4 Å². The number of aliphatic hydroxyl groups excluding tert-OH is 1. The number of amides is 2. The molecule has 2 saturated heterocycles. The second-order valence-corrected chi connectivity index (χ2v) is 8.92. The van der Waals surface area contributed by atoms with Crippen molar-refractivity contribution >= 4 is 17.5 Å². The summed E-state index contributed by atoms with van der Waals surface area (Å²) >= 11 is 0. The summed E-state index contributed by atoms with van der Waals surface area (Å²) in [5.74, 6) is -0.0509. The van der Waals surface area contributed by atoms with Crippen LogP contribution in [0.2, 0.25) is 0 Å². The molecule has 5 rings (SSSR count). The fourth-order valence-electron chi connectivity index (χ4n) is 5.76. The summed E-state index contributed by atoms with van der Waals surface area (Å²) in [4.78, 5) is 31.6. The van der Waals surface area contributed by atoms with Gasteiger partial charge in [0.1, 0.15) is 0 Å². The van der Waals surface area contributed by atoms with Gasteiger partial charge in [-0.05, 0) is 43.4 Å². The monoisotopic (exact) mass is 395 g/mol. The van der Waals surface area contributed by atoms with E-state index in [9.17, 15) is 14.7 Å². The number of rotatable bonds is 5. The Bertz CT molecular complexity index is 781. The number of hydrogen-bond acceptors (Lipinski definition) is 5. The summed E-state index contributed by atoms with van der Waals surface area (Å²) in [5, 5.41) is 10.7. The van der Waals surface area contributed by atoms with Gasteiger partial charge >= 0.3 is 0 Å². The second-order valence-electron chi connectivity index (χ2n) is 8.92. The van der Waals surface area contributed by atoms with E-state index in [1.54, 1.807) is 0 Å². The number of imide groups is 1. The maximum absolute atomic E-state index is 12.8. The number of carbonyl (C=O) groups excluding carboxylic acids is 2. The van der Waals surface area contributed by atoms with Crippen molar-refractivity contribution in [1.29, 1.82) is 0 Å². The molecular formula is C23H29N3O3. The molecule has 6 nitrogen and oxygen atoms in total. The van der Waals surface area contributed by atoms with E-state index in [0.29, 0.717) is 6.54 Å². The molecular weight excluding hydrogens is 366 g/mol. The summed E-state index contributed by atoms with van der Waals surface area (Å²) in [6.45, 7) is 4.33. The molecule has 6 heteroatoms. The van der Waals surface area contributed by atoms with E-state index in [2.05, 4.69) is 46.2 Å². The van der Waals surface area contributed by atoms with Gasteiger partial charge in [0.05, 0.1) is 24.5 Å². The molecule has 3 fully saturated rings. The number of aliphatic hydroxyl groups is 1. The number of fused-ring (bicyclic) bond motifs is 5. The summed E-state index contributed by atoms with van der Waals surface area (Å²) in [5.41, 5.74) is 1.23. The standard InChI is InChI=1S/C23H29N3O3/c27-19(14-24-9-4-10-25(12-11-24)18-5-2-1-3-6-18)15-26-22(28)20-16-7-8-17(13-16)21(20)23(26)29/h1-3,5-8,16-17,19-21,27H,4,9-15H2/t16-,17?,19?,20-,21?/m0/s1. The number of allylic oxidation sites excluding steroid dienone is 2. The lowest BCUT2D eigenvalue weighted by Gasteiger charge is -2.27. The Morgan fingerprint density at radius 2 is 1.59 bits per heavy atom. The molecule has 0 radical (unpaired) electrons. The number of nitrogens with zero attached hydrogens (tertiary/aromatic N) is 3. The molecule has 2 bridgehead atoms. The Labute approximate surface area is 171 Å². The fraction of sp³-hybridized carbons (Fsp3) is 0.565. The van der Waals surface area contributed by atoms with E-state index in [4.69, 9.17) is 0 Å². The average molecular weight is 396 g/mol. The fourth-order valence-corrected chi connectivity index (χ4v) is 5.76. The van der Waals surface area contributed by atoms with Crippen LogP contribution in [-0.2, 0) is 9.59 Å². The van der Waals surface area contributed by atoms with Crippen molar-refractivity contribution in [3.8, 4) is 0 Å². The van der Waals surface area contributed by atoms with Crippen molar-refractivity contribution < 1.29 is 14.7 Å². The second kappa shape index (κ2) is 7.58. The third-order valence-electron chi connectivity index (χ3n) is 7.13. The lowest BCUT2D eigenvalue weighted by atomic mass is 9.85. The first-order chi connectivity index (χ1) is 14.1. The Hall–Kier alpha value is -2.18. The minimum absolute atomic E-state index is 0.0676. The normalized spacial score (nSPS) is 32.7. The summed E-state index contributed by atoms with van der Waals surface area (Å²) < 4.78 is 0. The minimum Gasteiger partial charge on any atom is -0.390 e. The highest BCUT2D eigenvalue weighted by atomic mass is 16.3. The Morgan fingerprint density at radius 3 is 2.28 bits per heavy atom. The van der Waals surface area contributed by atoms with Crippen molar-refractivity contribution in [3.63, 3.8) is 0 Å². The maximum atomic E-state index is 12.8. The molecule has 5 atom stereocenters. The molecule has 1 aromatic rings. The van der Waals surface area contributed by atoms with Gasteiger partial charge in [-0.2, -0.15) is 0 Å². The van der Waals surface area contributed by atoms with Gasteiger partial charge in [0.2, 0.25) is 11.8 Å². The molecule has 2 amide bonds. The van der Waals surface area contributed by atoms with Crippen LogP contribution in [0.25, 0.3) is 0 Å². The quantitative estimate of drug-likeness (QED) is 0.603. The third kappa shape index (κ3) is 3.38. The molecule has 2 heterocycles. The number of benzene rings is 1. The minimum atomic E-state index is -0.699. The van der Waals surface area contributed by atoms with Crippen molar-refractivity contribution in [1.82, 2.24) is 9.80 Å². The predicted molar refractivity (Wildman–Crippen MR) is 110 cm³/mol. The SMILES string of the molecule is O=C1C2C3C=C[C@@H](C3)[C@@H]2C(=O)N1CC(O)CN1CCCN(c2ccccc2)CC1. The van der Waals surface area contributed by atoms with Gasteiger partial charge in [0, 0.05) is 31.9 Å². The molecule has 0 spiro atoms. The van der Waals surface area contributed by atoms with E-state index in [1.165, 1.54) is 10.6 Å². The molecule has 2 aliphatic carbocycles. The van der Waals surface area contributed by atoms with E-state index in [-0.39, 0.29) is 42.0 Å². The summed E-state index contributed by atoms with van der Waals surface area (Å²) in [6, 6.07) is 10.4. The van der Waals surface area contributed by atoms with Gasteiger partial charge in [-0.15, -0.1) is 0 Å². The summed E-state index contributed by atoms with van der Waals surface area (Å²) in [7, 11) is 0. The molecule has 1 saturated carbocycles. The van der Waals surface area contributed by atoms with Crippen LogP contribution < -0.4 is 4.90 Å². The van der Waals surface area contributed by atoms with Crippen LogP contribution in [0, 0.1) is 23.7 Å². The highest BCUT2D eigenvalue weighted by Crippen LogP contribution is 2.52. The average Bonchev–Trinajstić information content (AvgIpc) is 3.35. The van der Waals surface area contributed by atoms with Crippen molar-refractivity contribution in [2.75, 3.05) is 44.2 Å². The van der Waals surface area contributed by atoms with Gasteiger partial charge in [0.25, 0.3) is 0 Å². The first-order valence-corrected chi connectivity index (χ1v) is 10.9. The van der Waals surface area contributed by atoms with Crippen LogP contribution in [-0.4, -0.2) is 72.1 Å². The van der Waals surface area contributed by atoms with E-state index in [1.807, 2.05) is 6.07 Å². The van der Waals surface area contributed by atoms with Crippen LogP contribution in [0.4, 0.5) is 5.69 Å². The smallest absolute Gasteiger partial charge is 0.233 e. The van der Waals surface area contributed by atoms with Gasteiger partial charge in [0.15, 0.2) is 0 Å². The van der Waals surface area contributed by atoms with Gasteiger partial charge in [-0.25, -0.2) is 0 Å². The number of β-amino-alcohol motifs (C(OH)–C–C–N with tert-alkyl or cyclic N) is 1. The van der Waals surface area contributed by atoms with Crippen LogP contribution in [0.1, 0.15) is 12.8 Å². The third-order valence-corrected chi connectivity index (χ3v) is 7.13. The number of para-hydroxylation sites is 1. The molecule has 1 N–H and O–H groups in total. The molecule has 1 aromatic carbocycles. The molecule has 154 valence electrons. The number of likely N-dealkylation sites (tertiary alicyclic amines) is 1. The summed E-state index contributed by atoms with van der Waals surface area (Å²) in [6.07, 6.45) is 5.48. The van der Waals surface area contributed by atoms with E-state index in [0.717, 1.165) is 39.0 Å². The molecule has 4 aliphatic rings. The molecule has 0 aromatic heterocycles. The Balaban J connectivity index is 1.16. The molecule has 3 unspecified atom stereocenters. The van der Waals surface area contributed by atoms with E-state index < -0.39 is 6.10 Å². The zero-order chi connectivity index (χ0) is 20.0. The lowest BCUT2D eigenvalue weighted by molar-refractivity contribution is -0.142. The Morgan fingerprint density at radius 1 is 0.897 bits per heavy atom. The highest BCUT2D eigenvalue weighted by molar-refractivity contribution is 6.06. The highest BCUT2D eigenvalue weighted by Gasteiger charge is 2.59. The van der Waals surface area contributed by atoms with Crippen LogP contribution in [0.15, 0.2) is 42.5 Å². The number of hydrogen-bond donors (Lipinski definition) is 1. The largest absolute Gasteiger partial charge is 0.390 e. The lowest BCUT2D eigenvalue weighted by Crippen LogP contribution is -2.44. The van der Waals surface area contributed by atoms with Crippen molar-refractivity contribution in [2.45, 2.75) is 18.9 Å².